The summed E-state index contributed by atoms with van der Waals surface area (Å²) in [4.78, 5) is 33.1. The number of para-hydroxylation sites is 1. The summed E-state index contributed by atoms with van der Waals surface area (Å²) in [5, 5.41) is 0.691. The zero-order chi connectivity index (χ0) is 21.1. The smallest absolute Gasteiger partial charge is 0.409 e. The Morgan fingerprint density at radius 1 is 1.20 bits per heavy atom. The summed E-state index contributed by atoms with van der Waals surface area (Å²) in [6.07, 6.45) is -0.117. The molecule has 0 radical (unpaired) electrons. The summed E-state index contributed by atoms with van der Waals surface area (Å²) in [6.45, 7) is 6.01. The lowest BCUT2D eigenvalue weighted by atomic mass is 10.0. The van der Waals surface area contributed by atoms with Gasteiger partial charge in [-0.05, 0) is 23.1 Å². The summed E-state index contributed by atoms with van der Waals surface area (Å²) >= 11 is 1.53. The number of cyclic esters (lactones) is 1. The molecular formula is C23H25N3O3S. The second-order valence-electron chi connectivity index (χ2n) is 7.66. The number of nitrogens with zero attached hydrogens (tertiary/aromatic N) is 3. The topological polar surface area (TPSA) is 62.7 Å². The Kier molecular flexibility index (Phi) is 5.99. The Hall–Kier alpha value is -2.93. The lowest BCUT2D eigenvalue weighted by Crippen LogP contribution is -2.34. The highest BCUT2D eigenvalue weighted by molar-refractivity contribution is 7.22. The Morgan fingerprint density at radius 3 is 2.70 bits per heavy atom. The average Bonchev–Trinajstić information content (AvgIpc) is 3.36. The van der Waals surface area contributed by atoms with E-state index in [2.05, 4.69) is 19.9 Å². The number of thiazole rings is 1. The lowest BCUT2D eigenvalue weighted by molar-refractivity contribution is -0.118. The number of hydrogen-bond acceptors (Lipinski definition) is 5. The van der Waals surface area contributed by atoms with Crippen LogP contribution in [-0.4, -0.2) is 41.6 Å². The minimum absolute atomic E-state index is 0.0521. The van der Waals surface area contributed by atoms with Crippen LogP contribution in [-0.2, 0) is 16.1 Å². The van der Waals surface area contributed by atoms with Crippen molar-refractivity contribution in [2.45, 2.75) is 32.7 Å². The van der Waals surface area contributed by atoms with E-state index >= 15 is 0 Å². The van der Waals surface area contributed by atoms with E-state index < -0.39 is 0 Å². The third kappa shape index (κ3) is 4.31. The second-order valence-corrected chi connectivity index (χ2v) is 8.67. The largest absolute Gasteiger partial charge is 0.448 e. The van der Waals surface area contributed by atoms with Crippen LogP contribution < -0.4 is 4.90 Å². The molecule has 2 amide bonds. The quantitative estimate of drug-likeness (QED) is 0.548. The van der Waals surface area contributed by atoms with E-state index in [4.69, 9.17) is 9.72 Å². The van der Waals surface area contributed by atoms with Gasteiger partial charge in [0.25, 0.3) is 0 Å². The summed E-state index contributed by atoms with van der Waals surface area (Å²) < 4.78 is 6.04. The molecule has 0 bridgehead atoms. The van der Waals surface area contributed by atoms with Crippen molar-refractivity contribution in [1.82, 2.24) is 9.88 Å². The van der Waals surface area contributed by atoms with Gasteiger partial charge in [-0.3, -0.25) is 9.69 Å². The molecule has 2 aromatic carbocycles. The molecule has 1 aliphatic rings. The van der Waals surface area contributed by atoms with Crippen LogP contribution in [0.4, 0.5) is 9.93 Å². The highest BCUT2D eigenvalue weighted by Gasteiger charge is 2.26. The van der Waals surface area contributed by atoms with Gasteiger partial charge in [0.05, 0.1) is 23.3 Å². The molecule has 6 nitrogen and oxygen atoms in total. The van der Waals surface area contributed by atoms with E-state index in [1.54, 1.807) is 9.80 Å². The van der Waals surface area contributed by atoms with E-state index in [0.29, 0.717) is 37.3 Å². The molecule has 0 spiro atoms. The molecule has 0 saturated carbocycles. The highest BCUT2D eigenvalue weighted by atomic mass is 32.1. The van der Waals surface area contributed by atoms with Gasteiger partial charge in [0.15, 0.2) is 5.13 Å². The summed E-state index contributed by atoms with van der Waals surface area (Å²) in [6, 6.07) is 16.1. The van der Waals surface area contributed by atoms with Crippen LogP contribution in [0.3, 0.4) is 0 Å². The highest BCUT2D eigenvalue weighted by Crippen LogP contribution is 2.34. The third-order valence-electron chi connectivity index (χ3n) is 5.22. The van der Waals surface area contributed by atoms with Crippen LogP contribution in [0.15, 0.2) is 48.5 Å². The average molecular weight is 424 g/mol. The molecule has 156 valence electrons. The number of carbonyl (C=O) groups excluding carboxylic acids is 2. The maximum absolute atomic E-state index is 13.2. The van der Waals surface area contributed by atoms with Crippen LogP contribution in [0, 0.1) is 0 Å². The fraction of sp³-hybridized carbons (Fsp3) is 0.348. The molecule has 3 aromatic rings. The maximum atomic E-state index is 13.2. The van der Waals surface area contributed by atoms with Crippen molar-refractivity contribution in [1.29, 1.82) is 0 Å². The van der Waals surface area contributed by atoms with Gasteiger partial charge in [0.1, 0.15) is 6.61 Å². The normalized spacial score (nSPS) is 13.8. The van der Waals surface area contributed by atoms with Crippen molar-refractivity contribution < 1.29 is 14.3 Å². The standard InChI is InChI=1S/C23H25N3O3S/c1-16(2)18-9-6-10-19-21(18)24-22(30-19)26(15-17-7-4-3-5-8-17)20(27)11-12-25-13-14-29-23(25)28/h3-10,16H,11-15H2,1-2H3. The van der Waals surface area contributed by atoms with Crippen molar-refractivity contribution in [2.75, 3.05) is 24.6 Å². The molecule has 0 atom stereocenters. The zero-order valence-electron chi connectivity index (χ0n) is 17.2. The predicted molar refractivity (Wildman–Crippen MR) is 119 cm³/mol. The molecule has 7 heteroatoms. The number of aromatic nitrogens is 1. The van der Waals surface area contributed by atoms with Gasteiger partial charge in [-0.1, -0.05) is 67.6 Å². The first-order valence-corrected chi connectivity index (χ1v) is 11.0. The van der Waals surface area contributed by atoms with Gasteiger partial charge < -0.3 is 9.64 Å². The molecule has 4 rings (SSSR count). The number of hydrogen-bond donors (Lipinski definition) is 0. The molecule has 30 heavy (non-hydrogen) atoms. The molecule has 1 aliphatic heterocycles. The molecule has 2 heterocycles. The van der Waals surface area contributed by atoms with E-state index in [0.717, 1.165) is 15.8 Å². The fourth-order valence-corrected chi connectivity index (χ4v) is 4.58. The lowest BCUT2D eigenvalue weighted by Gasteiger charge is -2.21. The van der Waals surface area contributed by atoms with Gasteiger partial charge >= 0.3 is 6.09 Å². The molecule has 0 aliphatic carbocycles. The number of rotatable bonds is 7. The van der Waals surface area contributed by atoms with E-state index in [9.17, 15) is 9.59 Å². The van der Waals surface area contributed by atoms with Crippen molar-refractivity contribution in [3.8, 4) is 0 Å². The molecular weight excluding hydrogens is 398 g/mol. The van der Waals surface area contributed by atoms with Gasteiger partial charge in [-0.25, -0.2) is 9.78 Å². The third-order valence-corrected chi connectivity index (χ3v) is 6.26. The monoisotopic (exact) mass is 423 g/mol. The van der Waals surface area contributed by atoms with E-state index in [-0.39, 0.29) is 18.4 Å². The summed E-state index contributed by atoms with van der Waals surface area (Å²) in [5.41, 5.74) is 3.18. The van der Waals surface area contributed by atoms with Crippen LogP contribution in [0.1, 0.15) is 37.3 Å². The van der Waals surface area contributed by atoms with Gasteiger partial charge in [0.2, 0.25) is 5.91 Å². The van der Waals surface area contributed by atoms with Crippen LogP contribution >= 0.6 is 11.3 Å². The summed E-state index contributed by atoms with van der Waals surface area (Å²) in [5.74, 6) is 0.298. The number of amides is 2. The number of fused-ring (bicyclic) bond motifs is 1. The Bertz CT molecular complexity index is 1050. The second kappa shape index (κ2) is 8.83. The van der Waals surface area contributed by atoms with Crippen molar-refractivity contribution in [3.63, 3.8) is 0 Å². The molecule has 0 unspecified atom stereocenters. The predicted octanol–water partition coefficient (Wildman–Crippen LogP) is 4.80. The molecule has 1 fully saturated rings. The van der Waals surface area contributed by atoms with Crippen LogP contribution in [0.2, 0.25) is 0 Å². The SMILES string of the molecule is CC(C)c1cccc2sc(N(Cc3ccccc3)C(=O)CCN3CCOC3=O)nc12. The number of anilines is 1. The van der Waals surface area contributed by atoms with E-state index in [1.807, 2.05) is 42.5 Å². The van der Waals surface area contributed by atoms with Gasteiger partial charge in [-0.2, -0.15) is 0 Å². The van der Waals surface area contributed by atoms with Gasteiger partial charge in [0, 0.05) is 13.0 Å². The number of carbonyl (C=O) groups is 2. The first-order chi connectivity index (χ1) is 14.5. The minimum atomic E-state index is -0.348. The van der Waals surface area contributed by atoms with Gasteiger partial charge in [-0.15, -0.1) is 0 Å². The molecule has 0 N–H and O–H groups in total. The minimum Gasteiger partial charge on any atom is -0.448 e. The summed E-state index contributed by atoms with van der Waals surface area (Å²) in [7, 11) is 0. The first kappa shape index (κ1) is 20.3. The number of ether oxygens (including phenoxy) is 1. The Labute approximate surface area is 180 Å². The Balaban J connectivity index is 1.63. The van der Waals surface area contributed by atoms with Crippen molar-refractivity contribution >= 4 is 38.7 Å². The maximum Gasteiger partial charge on any atom is 0.409 e. The zero-order valence-corrected chi connectivity index (χ0v) is 18.0. The molecule has 1 saturated heterocycles. The van der Waals surface area contributed by atoms with Crippen LogP contribution in [0.25, 0.3) is 10.2 Å². The molecule has 1 aromatic heterocycles. The van der Waals surface area contributed by atoms with Crippen molar-refractivity contribution in [3.05, 3.63) is 59.7 Å². The van der Waals surface area contributed by atoms with Crippen molar-refractivity contribution in [2.24, 2.45) is 0 Å². The fourth-order valence-electron chi connectivity index (χ4n) is 3.56. The van der Waals surface area contributed by atoms with Crippen LogP contribution in [0.5, 0.6) is 0 Å². The Morgan fingerprint density at radius 2 is 2.00 bits per heavy atom. The number of benzene rings is 2. The van der Waals surface area contributed by atoms with E-state index in [1.165, 1.54) is 16.9 Å². The first-order valence-electron chi connectivity index (χ1n) is 10.2.